The van der Waals surface area contributed by atoms with Gasteiger partial charge in [-0.15, -0.1) is 0 Å². The van der Waals surface area contributed by atoms with Gasteiger partial charge in [-0.3, -0.25) is 9.55 Å². The summed E-state index contributed by atoms with van der Waals surface area (Å²) in [4.78, 5) is 9.91. The van der Waals surface area contributed by atoms with E-state index in [9.17, 15) is 0 Å². The largest absolute Gasteiger partial charge is 0.307 e. The topological polar surface area (TPSA) is 40.6 Å². The summed E-state index contributed by atoms with van der Waals surface area (Å²) in [5, 5.41) is 9.65. The van der Waals surface area contributed by atoms with Crippen molar-refractivity contribution in [3.05, 3.63) is 188 Å². The summed E-state index contributed by atoms with van der Waals surface area (Å²) < 4.78 is 7.21. The molecule has 0 unspecified atom stereocenters. The Bertz CT molecular complexity index is 3460. The van der Waals surface area contributed by atoms with Crippen LogP contribution >= 0.6 is 0 Å². The standard InChI is InChI=1S/C50H31N5/c1-2-14-33(15-3-1)53-44-22-10-8-18-38(44)42-28-29-43-39-19-9-11-23-45(39)54(49(43)48(42)53)34-24-26-35(27-25-34)55-47-41-21-7-5-17-37(41)36-16-4-6-20-40(36)46(47)52-50(55)32-13-12-30-51-31-32/h1-31H. The predicted octanol–water partition coefficient (Wildman–Crippen LogP) is 12.6. The van der Waals surface area contributed by atoms with Gasteiger partial charge >= 0.3 is 0 Å². The average molecular weight is 702 g/mol. The third kappa shape index (κ3) is 4.23. The van der Waals surface area contributed by atoms with Crippen molar-refractivity contribution in [1.29, 1.82) is 0 Å². The molecule has 0 radical (unpaired) electrons. The van der Waals surface area contributed by atoms with Crippen LogP contribution in [0, 0.1) is 0 Å². The zero-order valence-corrected chi connectivity index (χ0v) is 29.6. The molecule has 0 aliphatic rings. The molecule has 0 saturated carbocycles. The summed E-state index contributed by atoms with van der Waals surface area (Å²) in [6.07, 6.45) is 3.72. The fourth-order valence-electron chi connectivity index (χ4n) is 9.01. The molecule has 8 aromatic carbocycles. The third-order valence-electron chi connectivity index (χ3n) is 11.3. The van der Waals surface area contributed by atoms with E-state index in [1.165, 1.54) is 59.8 Å². The van der Waals surface area contributed by atoms with Crippen molar-refractivity contribution >= 4 is 76.2 Å². The summed E-state index contributed by atoms with van der Waals surface area (Å²) in [6.45, 7) is 0. The lowest BCUT2D eigenvalue weighted by atomic mass is 10.00. The third-order valence-corrected chi connectivity index (χ3v) is 11.3. The molecule has 5 heteroatoms. The van der Waals surface area contributed by atoms with E-state index in [-0.39, 0.29) is 0 Å². The first-order valence-electron chi connectivity index (χ1n) is 18.7. The molecule has 0 saturated heterocycles. The molecular formula is C50H31N5. The molecule has 12 aromatic rings. The van der Waals surface area contributed by atoms with Crippen LogP contribution in [-0.2, 0) is 0 Å². The molecule has 5 nitrogen and oxygen atoms in total. The van der Waals surface area contributed by atoms with E-state index in [4.69, 9.17) is 4.98 Å². The quantitative estimate of drug-likeness (QED) is 0.171. The number of fused-ring (bicyclic) bond motifs is 13. The lowest BCUT2D eigenvalue weighted by molar-refractivity contribution is 1.09. The Balaban J connectivity index is 1.16. The zero-order chi connectivity index (χ0) is 36.0. The number of imidazole rings is 1. The van der Waals surface area contributed by atoms with Crippen LogP contribution in [-0.4, -0.2) is 23.7 Å². The Morgan fingerprint density at radius 2 is 0.800 bits per heavy atom. The second kappa shape index (κ2) is 11.5. The number of rotatable bonds is 4. The second-order valence-electron chi connectivity index (χ2n) is 14.2. The van der Waals surface area contributed by atoms with E-state index in [1.807, 2.05) is 18.5 Å². The Morgan fingerprint density at radius 1 is 0.327 bits per heavy atom. The molecule has 4 heterocycles. The Labute approximate surface area is 315 Å². The lowest BCUT2D eigenvalue weighted by Gasteiger charge is -2.15. The van der Waals surface area contributed by atoms with Crippen molar-refractivity contribution in [3.8, 4) is 28.5 Å². The van der Waals surface area contributed by atoms with Gasteiger partial charge in [0.05, 0.1) is 33.1 Å². The minimum absolute atomic E-state index is 0.864. The van der Waals surface area contributed by atoms with Crippen molar-refractivity contribution in [2.75, 3.05) is 0 Å². The molecule has 0 aliphatic heterocycles. The van der Waals surface area contributed by atoms with E-state index < -0.39 is 0 Å². The highest BCUT2D eigenvalue weighted by molar-refractivity contribution is 6.25. The Hall–Kier alpha value is -7.50. The average Bonchev–Trinajstić information content (AvgIpc) is 3.93. The fraction of sp³-hybridized carbons (Fsp3) is 0. The normalized spacial score (nSPS) is 12.0. The maximum atomic E-state index is 5.40. The maximum absolute atomic E-state index is 5.40. The molecule has 0 amide bonds. The van der Waals surface area contributed by atoms with Crippen LogP contribution in [0.4, 0.5) is 0 Å². The van der Waals surface area contributed by atoms with Gasteiger partial charge in [0.2, 0.25) is 0 Å². The number of nitrogens with zero attached hydrogens (tertiary/aromatic N) is 5. The molecule has 0 aliphatic carbocycles. The molecule has 256 valence electrons. The molecule has 12 rings (SSSR count). The highest BCUT2D eigenvalue weighted by atomic mass is 15.1. The van der Waals surface area contributed by atoms with Crippen LogP contribution < -0.4 is 0 Å². The van der Waals surface area contributed by atoms with Gasteiger partial charge in [0, 0.05) is 67.3 Å². The molecule has 0 fully saturated rings. The van der Waals surface area contributed by atoms with Gasteiger partial charge in [0.15, 0.2) is 0 Å². The second-order valence-corrected chi connectivity index (χ2v) is 14.2. The van der Waals surface area contributed by atoms with Gasteiger partial charge in [-0.25, -0.2) is 4.98 Å². The van der Waals surface area contributed by atoms with Gasteiger partial charge in [-0.2, -0.15) is 0 Å². The van der Waals surface area contributed by atoms with E-state index in [2.05, 4.69) is 189 Å². The van der Waals surface area contributed by atoms with E-state index in [1.54, 1.807) is 0 Å². The summed E-state index contributed by atoms with van der Waals surface area (Å²) in [6, 6.07) is 63.3. The Morgan fingerprint density at radius 3 is 1.40 bits per heavy atom. The number of hydrogen-bond donors (Lipinski definition) is 0. The first-order chi connectivity index (χ1) is 27.3. The van der Waals surface area contributed by atoms with Crippen molar-refractivity contribution in [3.63, 3.8) is 0 Å². The molecule has 55 heavy (non-hydrogen) atoms. The van der Waals surface area contributed by atoms with Crippen molar-refractivity contribution in [2.24, 2.45) is 0 Å². The van der Waals surface area contributed by atoms with Gasteiger partial charge in [-0.1, -0.05) is 115 Å². The maximum Gasteiger partial charge on any atom is 0.147 e. The predicted molar refractivity (Wildman–Crippen MR) is 228 cm³/mol. The van der Waals surface area contributed by atoms with Crippen molar-refractivity contribution < 1.29 is 0 Å². The van der Waals surface area contributed by atoms with Crippen molar-refractivity contribution in [2.45, 2.75) is 0 Å². The SMILES string of the molecule is c1ccc(-n2c3ccccc3c3ccc4c5ccccc5n(-c5ccc(-n6c(-c7cccnc7)nc7c8ccccc8c8ccccc8c76)cc5)c4c32)cc1. The summed E-state index contributed by atoms with van der Waals surface area (Å²) >= 11 is 0. The van der Waals surface area contributed by atoms with Crippen LogP contribution in [0.2, 0.25) is 0 Å². The number of benzene rings is 8. The lowest BCUT2D eigenvalue weighted by Crippen LogP contribution is -2.01. The number of aromatic nitrogens is 5. The van der Waals surface area contributed by atoms with Gasteiger partial charge in [-0.05, 0) is 71.4 Å². The molecule has 0 atom stereocenters. The smallest absolute Gasteiger partial charge is 0.147 e. The molecular weight excluding hydrogens is 671 g/mol. The number of pyridine rings is 1. The molecule has 4 aromatic heterocycles. The number of para-hydroxylation sites is 3. The number of hydrogen-bond acceptors (Lipinski definition) is 2. The van der Waals surface area contributed by atoms with E-state index >= 15 is 0 Å². The van der Waals surface area contributed by atoms with Gasteiger partial charge < -0.3 is 9.13 Å². The van der Waals surface area contributed by atoms with Gasteiger partial charge in [0.1, 0.15) is 5.82 Å². The van der Waals surface area contributed by atoms with Crippen LogP contribution in [0.5, 0.6) is 0 Å². The van der Waals surface area contributed by atoms with Crippen molar-refractivity contribution in [1.82, 2.24) is 23.7 Å². The summed E-state index contributed by atoms with van der Waals surface area (Å²) in [7, 11) is 0. The first kappa shape index (κ1) is 30.0. The minimum atomic E-state index is 0.864. The summed E-state index contributed by atoms with van der Waals surface area (Å²) in [5.74, 6) is 0.864. The van der Waals surface area contributed by atoms with Crippen LogP contribution in [0.25, 0.3) is 105 Å². The monoisotopic (exact) mass is 701 g/mol. The van der Waals surface area contributed by atoms with Crippen LogP contribution in [0.3, 0.4) is 0 Å². The highest BCUT2D eigenvalue weighted by Gasteiger charge is 2.23. The minimum Gasteiger partial charge on any atom is -0.307 e. The van der Waals surface area contributed by atoms with E-state index in [0.717, 1.165) is 44.9 Å². The molecule has 0 bridgehead atoms. The summed E-state index contributed by atoms with van der Waals surface area (Å²) in [5.41, 5.74) is 11.1. The van der Waals surface area contributed by atoms with Crippen LogP contribution in [0.1, 0.15) is 0 Å². The first-order valence-corrected chi connectivity index (χ1v) is 18.7. The fourth-order valence-corrected chi connectivity index (χ4v) is 9.01. The van der Waals surface area contributed by atoms with Crippen LogP contribution in [0.15, 0.2) is 188 Å². The van der Waals surface area contributed by atoms with E-state index in [0.29, 0.717) is 0 Å². The zero-order valence-electron chi connectivity index (χ0n) is 29.6. The highest BCUT2D eigenvalue weighted by Crippen LogP contribution is 2.43. The molecule has 0 N–H and O–H groups in total. The Kier molecular flexibility index (Phi) is 6.27. The molecule has 0 spiro atoms. The van der Waals surface area contributed by atoms with Gasteiger partial charge in [0.25, 0.3) is 0 Å².